The average Bonchev–Trinajstić information content (AvgIpc) is 3.11. The molecule has 0 bridgehead atoms. The van der Waals surface area contributed by atoms with E-state index in [0.29, 0.717) is 36.2 Å². The molecule has 26 heavy (non-hydrogen) atoms. The Morgan fingerprint density at radius 1 is 1.19 bits per heavy atom. The summed E-state index contributed by atoms with van der Waals surface area (Å²) in [4.78, 5) is 0.293. The van der Waals surface area contributed by atoms with Crippen LogP contribution in [0.25, 0.3) is 0 Å². The lowest BCUT2D eigenvalue weighted by Crippen LogP contribution is -2.29. The maximum atomic E-state index is 12.9. The van der Waals surface area contributed by atoms with Crippen molar-refractivity contribution >= 4 is 10.0 Å². The van der Waals surface area contributed by atoms with Crippen LogP contribution in [0.1, 0.15) is 17.7 Å². The van der Waals surface area contributed by atoms with Crippen molar-refractivity contribution in [2.75, 3.05) is 26.8 Å². The summed E-state index contributed by atoms with van der Waals surface area (Å²) in [6.45, 7) is 5.04. The van der Waals surface area contributed by atoms with Gasteiger partial charge in [0.15, 0.2) is 0 Å². The summed E-state index contributed by atoms with van der Waals surface area (Å²) >= 11 is 0. The Bertz CT molecular complexity index is 869. The molecule has 1 saturated heterocycles. The summed E-state index contributed by atoms with van der Waals surface area (Å²) in [5.74, 6) is 1.27. The van der Waals surface area contributed by atoms with Crippen LogP contribution in [-0.2, 0) is 10.0 Å². The van der Waals surface area contributed by atoms with Crippen molar-refractivity contribution in [2.24, 2.45) is 5.92 Å². The SMILES string of the molecule is COc1ccc(S(=O)(=O)N2CCC(COc3ccc(C)nn3)C2)cc1C. The molecule has 0 amide bonds. The molecule has 1 aromatic carbocycles. The molecule has 140 valence electrons. The number of benzene rings is 1. The Labute approximate surface area is 154 Å². The highest BCUT2D eigenvalue weighted by molar-refractivity contribution is 7.89. The summed E-state index contributed by atoms with van der Waals surface area (Å²) in [6, 6.07) is 8.54. The fourth-order valence-electron chi connectivity index (χ4n) is 2.98. The number of ether oxygens (including phenoxy) is 2. The molecule has 2 aromatic rings. The van der Waals surface area contributed by atoms with E-state index >= 15 is 0 Å². The van der Waals surface area contributed by atoms with Crippen LogP contribution in [0.4, 0.5) is 0 Å². The van der Waals surface area contributed by atoms with Crippen molar-refractivity contribution in [3.8, 4) is 11.6 Å². The summed E-state index contributed by atoms with van der Waals surface area (Å²) < 4.78 is 38.1. The largest absolute Gasteiger partial charge is 0.496 e. The highest BCUT2D eigenvalue weighted by Crippen LogP contribution is 2.27. The average molecular weight is 377 g/mol. The van der Waals surface area contributed by atoms with E-state index in [1.54, 1.807) is 31.4 Å². The van der Waals surface area contributed by atoms with Gasteiger partial charge in [-0.15, -0.1) is 5.10 Å². The fraction of sp³-hybridized carbons (Fsp3) is 0.444. The number of sulfonamides is 1. The topological polar surface area (TPSA) is 81.6 Å². The van der Waals surface area contributed by atoms with E-state index in [0.717, 1.165) is 17.7 Å². The number of aryl methyl sites for hydroxylation is 2. The van der Waals surface area contributed by atoms with Crippen molar-refractivity contribution in [2.45, 2.75) is 25.2 Å². The van der Waals surface area contributed by atoms with Gasteiger partial charge in [-0.2, -0.15) is 9.40 Å². The highest BCUT2D eigenvalue weighted by atomic mass is 32.2. The van der Waals surface area contributed by atoms with Gasteiger partial charge in [0.05, 0.1) is 24.3 Å². The van der Waals surface area contributed by atoms with Crippen LogP contribution in [-0.4, -0.2) is 49.7 Å². The van der Waals surface area contributed by atoms with E-state index < -0.39 is 10.0 Å². The molecule has 0 radical (unpaired) electrons. The minimum Gasteiger partial charge on any atom is -0.496 e. The molecule has 7 nitrogen and oxygen atoms in total. The molecule has 1 atom stereocenters. The Hall–Kier alpha value is -2.19. The zero-order valence-electron chi connectivity index (χ0n) is 15.2. The number of methoxy groups -OCH3 is 1. The standard InChI is InChI=1S/C18H23N3O4S/c1-13-10-16(5-6-17(13)24-3)26(22,23)21-9-8-15(11-21)12-25-18-7-4-14(2)19-20-18/h4-7,10,15H,8-9,11-12H2,1-3H3. The van der Waals surface area contributed by atoms with Crippen LogP contribution in [0, 0.1) is 19.8 Å². The van der Waals surface area contributed by atoms with Gasteiger partial charge in [0, 0.05) is 25.1 Å². The molecule has 1 aliphatic rings. The first-order valence-electron chi connectivity index (χ1n) is 8.48. The molecule has 1 unspecified atom stereocenters. The number of hydrogen-bond acceptors (Lipinski definition) is 6. The Balaban J connectivity index is 1.63. The maximum absolute atomic E-state index is 12.9. The lowest BCUT2D eigenvalue weighted by molar-refractivity contribution is 0.244. The molecule has 3 rings (SSSR count). The fourth-order valence-corrected chi connectivity index (χ4v) is 4.60. The quantitative estimate of drug-likeness (QED) is 0.768. The Kier molecular flexibility index (Phi) is 5.43. The van der Waals surface area contributed by atoms with Gasteiger partial charge in [-0.25, -0.2) is 8.42 Å². The number of nitrogens with zero attached hydrogens (tertiary/aromatic N) is 3. The van der Waals surface area contributed by atoms with Gasteiger partial charge in [0.2, 0.25) is 15.9 Å². The molecule has 0 saturated carbocycles. The van der Waals surface area contributed by atoms with Gasteiger partial charge < -0.3 is 9.47 Å². The lowest BCUT2D eigenvalue weighted by Gasteiger charge is -2.17. The van der Waals surface area contributed by atoms with Crippen LogP contribution >= 0.6 is 0 Å². The minimum atomic E-state index is -3.51. The van der Waals surface area contributed by atoms with Crippen molar-refractivity contribution in [1.82, 2.24) is 14.5 Å². The van der Waals surface area contributed by atoms with E-state index in [2.05, 4.69) is 10.2 Å². The second kappa shape index (κ2) is 7.59. The molecule has 1 fully saturated rings. The monoisotopic (exact) mass is 377 g/mol. The summed E-state index contributed by atoms with van der Waals surface area (Å²) in [5.41, 5.74) is 1.62. The van der Waals surface area contributed by atoms with Gasteiger partial charge in [0.25, 0.3) is 0 Å². The van der Waals surface area contributed by atoms with E-state index in [-0.39, 0.29) is 5.92 Å². The van der Waals surface area contributed by atoms with Crippen LogP contribution in [0.2, 0.25) is 0 Å². The zero-order chi connectivity index (χ0) is 18.7. The van der Waals surface area contributed by atoms with Crippen molar-refractivity contribution in [3.05, 3.63) is 41.6 Å². The minimum absolute atomic E-state index is 0.132. The predicted molar refractivity (Wildman–Crippen MR) is 96.9 cm³/mol. The Morgan fingerprint density at radius 3 is 2.65 bits per heavy atom. The first kappa shape index (κ1) is 18.6. The number of rotatable bonds is 6. The highest BCUT2D eigenvalue weighted by Gasteiger charge is 2.33. The predicted octanol–water partition coefficient (Wildman–Crippen LogP) is 2.19. The van der Waals surface area contributed by atoms with E-state index in [1.807, 2.05) is 19.9 Å². The van der Waals surface area contributed by atoms with Crippen LogP contribution in [0.5, 0.6) is 11.6 Å². The van der Waals surface area contributed by atoms with Crippen molar-refractivity contribution in [1.29, 1.82) is 0 Å². The molecule has 8 heteroatoms. The van der Waals surface area contributed by atoms with Gasteiger partial charge in [-0.1, -0.05) is 0 Å². The van der Waals surface area contributed by atoms with Crippen LogP contribution in [0.15, 0.2) is 35.2 Å². The third-order valence-corrected chi connectivity index (χ3v) is 6.35. The second-order valence-electron chi connectivity index (χ2n) is 6.47. The van der Waals surface area contributed by atoms with Crippen LogP contribution < -0.4 is 9.47 Å². The Morgan fingerprint density at radius 2 is 2.00 bits per heavy atom. The molecule has 0 aliphatic carbocycles. The molecule has 1 aromatic heterocycles. The third-order valence-electron chi connectivity index (χ3n) is 4.49. The second-order valence-corrected chi connectivity index (χ2v) is 8.41. The van der Waals surface area contributed by atoms with E-state index in [4.69, 9.17) is 9.47 Å². The normalized spacial score (nSPS) is 18.0. The first-order valence-corrected chi connectivity index (χ1v) is 9.92. The van der Waals surface area contributed by atoms with Crippen molar-refractivity contribution < 1.29 is 17.9 Å². The molecule has 2 heterocycles. The zero-order valence-corrected chi connectivity index (χ0v) is 16.0. The van der Waals surface area contributed by atoms with E-state index in [1.165, 1.54) is 4.31 Å². The van der Waals surface area contributed by atoms with Gasteiger partial charge in [-0.3, -0.25) is 0 Å². The lowest BCUT2D eigenvalue weighted by atomic mass is 10.1. The maximum Gasteiger partial charge on any atom is 0.243 e. The molecule has 0 spiro atoms. The third kappa shape index (κ3) is 3.96. The van der Waals surface area contributed by atoms with Gasteiger partial charge >= 0.3 is 0 Å². The number of hydrogen-bond donors (Lipinski definition) is 0. The summed E-state index contributed by atoms with van der Waals surface area (Å²) in [7, 11) is -1.94. The van der Waals surface area contributed by atoms with E-state index in [9.17, 15) is 8.42 Å². The molecular weight excluding hydrogens is 354 g/mol. The van der Waals surface area contributed by atoms with Crippen molar-refractivity contribution in [3.63, 3.8) is 0 Å². The summed E-state index contributed by atoms with van der Waals surface area (Å²) in [6.07, 6.45) is 0.758. The molecule has 1 aliphatic heterocycles. The van der Waals surface area contributed by atoms with Gasteiger partial charge in [-0.05, 0) is 50.1 Å². The smallest absolute Gasteiger partial charge is 0.243 e. The molecule has 0 N–H and O–H groups in total. The number of aromatic nitrogens is 2. The van der Waals surface area contributed by atoms with Crippen LogP contribution in [0.3, 0.4) is 0 Å². The van der Waals surface area contributed by atoms with Gasteiger partial charge in [0.1, 0.15) is 5.75 Å². The molecular formula is C18H23N3O4S. The summed E-state index contributed by atoms with van der Waals surface area (Å²) in [5, 5.41) is 7.91. The first-order chi connectivity index (χ1) is 12.4.